The van der Waals surface area contributed by atoms with Gasteiger partial charge in [0.25, 0.3) is 0 Å². The SMILES string of the molecule is CCCC(CBr)COc1ccccc1OC. The summed E-state index contributed by atoms with van der Waals surface area (Å²) in [7, 11) is 1.66. The van der Waals surface area contributed by atoms with Gasteiger partial charge in [0.1, 0.15) is 0 Å². The number of hydrogen-bond donors (Lipinski definition) is 0. The van der Waals surface area contributed by atoms with E-state index in [1.54, 1.807) is 7.11 Å². The predicted molar refractivity (Wildman–Crippen MR) is 70.7 cm³/mol. The Kier molecular flexibility index (Phi) is 6.31. The fourth-order valence-corrected chi connectivity index (χ4v) is 2.07. The molecule has 0 heterocycles. The van der Waals surface area contributed by atoms with E-state index >= 15 is 0 Å². The first-order chi connectivity index (χ1) is 7.81. The van der Waals surface area contributed by atoms with E-state index in [9.17, 15) is 0 Å². The highest BCUT2D eigenvalue weighted by Crippen LogP contribution is 2.26. The smallest absolute Gasteiger partial charge is 0.161 e. The van der Waals surface area contributed by atoms with Gasteiger partial charge in [-0.2, -0.15) is 0 Å². The molecule has 0 spiro atoms. The molecule has 0 bridgehead atoms. The molecular weight excluding hydrogens is 268 g/mol. The lowest BCUT2D eigenvalue weighted by atomic mass is 10.1. The third-order valence-electron chi connectivity index (χ3n) is 2.46. The van der Waals surface area contributed by atoms with Crippen LogP contribution in [0.4, 0.5) is 0 Å². The molecule has 1 aromatic carbocycles. The van der Waals surface area contributed by atoms with E-state index in [1.165, 1.54) is 12.8 Å². The molecule has 1 atom stereocenters. The van der Waals surface area contributed by atoms with Crippen molar-refractivity contribution in [3.8, 4) is 11.5 Å². The topological polar surface area (TPSA) is 18.5 Å². The first-order valence-corrected chi connectivity index (χ1v) is 6.75. The molecule has 1 unspecified atom stereocenters. The highest BCUT2D eigenvalue weighted by molar-refractivity contribution is 9.09. The van der Waals surface area contributed by atoms with Crippen LogP contribution in [0.5, 0.6) is 11.5 Å². The Bertz CT molecular complexity index is 302. The summed E-state index contributed by atoms with van der Waals surface area (Å²) in [5.41, 5.74) is 0. The molecule has 16 heavy (non-hydrogen) atoms. The number of alkyl halides is 1. The lowest BCUT2D eigenvalue weighted by Crippen LogP contribution is -2.13. The Morgan fingerprint density at radius 2 is 1.94 bits per heavy atom. The van der Waals surface area contributed by atoms with Crippen molar-refractivity contribution in [3.05, 3.63) is 24.3 Å². The summed E-state index contributed by atoms with van der Waals surface area (Å²) in [6.07, 6.45) is 2.37. The lowest BCUT2D eigenvalue weighted by Gasteiger charge is -2.15. The Morgan fingerprint density at radius 3 is 2.50 bits per heavy atom. The molecule has 0 fully saturated rings. The quantitative estimate of drug-likeness (QED) is 0.708. The second-order valence-corrected chi connectivity index (χ2v) is 4.42. The van der Waals surface area contributed by atoms with Gasteiger partial charge in [-0.1, -0.05) is 41.4 Å². The van der Waals surface area contributed by atoms with Gasteiger partial charge in [-0.3, -0.25) is 0 Å². The van der Waals surface area contributed by atoms with Crippen LogP contribution in [0.2, 0.25) is 0 Å². The van der Waals surface area contributed by atoms with Crippen LogP contribution >= 0.6 is 15.9 Å². The molecule has 1 aromatic rings. The maximum absolute atomic E-state index is 5.78. The Balaban J connectivity index is 2.52. The zero-order valence-electron chi connectivity index (χ0n) is 9.91. The number of benzene rings is 1. The lowest BCUT2D eigenvalue weighted by molar-refractivity contribution is 0.243. The minimum absolute atomic E-state index is 0.565. The van der Waals surface area contributed by atoms with Gasteiger partial charge in [-0.05, 0) is 18.6 Å². The molecule has 0 aliphatic carbocycles. The van der Waals surface area contributed by atoms with Gasteiger partial charge in [0.05, 0.1) is 13.7 Å². The molecule has 0 amide bonds. The van der Waals surface area contributed by atoms with Crippen molar-refractivity contribution in [1.29, 1.82) is 0 Å². The molecular formula is C13H19BrO2. The fraction of sp³-hybridized carbons (Fsp3) is 0.538. The van der Waals surface area contributed by atoms with Crippen LogP contribution in [0.1, 0.15) is 19.8 Å². The first kappa shape index (κ1) is 13.4. The van der Waals surface area contributed by atoms with E-state index < -0.39 is 0 Å². The van der Waals surface area contributed by atoms with Crippen molar-refractivity contribution < 1.29 is 9.47 Å². The molecule has 2 nitrogen and oxygen atoms in total. The van der Waals surface area contributed by atoms with Crippen LogP contribution in [-0.4, -0.2) is 19.0 Å². The van der Waals surface area contributed by atoms with Crippen LogP contribution in [0.25, 0.3) is 0 Å². The summed E-state index contributed by atoms with van der Waals surface area (Å²) < 4.78 is 11.0. The summed E-state index contributed by atoms with van der Waals surface area (Å²) in [5.74, 6) is 2.19. The Morgan fingerprint density at radius 1 is 1.25 bits per heavy atom. The maximum Gasteiger partial charge on any atom is 0.161 e. The second kappa shape index (κ2) is 7.55. The number of ether oxygens (including phenoxy) is 2. The predicted octanol–water partition coefficient (Wildman–Crippen LogP) is 3.89. The highest BCUT2D eigenvalue weighted by atomic mass is 79.9. The minimum Gasteiger partial charge on any atom is -0.493 e. The third-order valence-corrected chi connectivity index (χ3v) is 3.37. The average Bonchev–Trinajstić information content (AvgIpc) is 2.34. The average molecular weight is 287 g/mol. The zero-order valence-corrected chi connectivity index (χ0v) is 11.5. The van der Waals surface area contributed by atoms with E-state index in [0.717, 1.165) is 23.4 Å². The molecule has 0 radical (unpaired) electrons. The van der Waals surface area contributed by atoms with Crippen molar-refractivity contribution in [2.75, 3.05) is 19.0 Å². The maximum atomic E-state index is 5.78. The number of halogens is 1. The number of methoxy groups -OCH3 is 1. The van der Waals surface area contributed by atoms with E-state index in [-0.39, 0.29) is 0 Å². The van der Waals surface area contributed by atoms with Gasteiger partial charge >= 0.3 is 0 Å². The first-order valence-electron chi connectivity index (χ1n) is 5.63. The molecule has 0 aliphatic rings. The van der Waals surface area contributed by atoms with Gasteiger partial charge in [0.15, 0.2) is 11.5 Å². The molecule has 0 aliphatic heterocycles. The highest BCUT2D eigenvalue weighted by Gasteiger charge is 2.09. The summed E-state index contributed by atoms with van der Waals surface area (Å²) in [6, 6.07) is 7.76. The molecule has 0 N–H and O–H groups in total. The molecule has 0 saturated carbocycles. The van der Waals surface area contributed by atoms with Gasteiger partial charge in [0, 0.05) is 11.2 Å². The normalized spacial score (nSPS) is 12.2. The summed E-state index contributed by atoms with van der Waals surface area (Å²) in [4.78, 5) is 0. The van der Waals surface area contributed by atoms with Crippen LogP contribution in [-0.2, 0) is 0 Å². The van der Waals surface area contributed by atoms with Gasteiger partial charge in [0.2, 0.25) is 0 Å². The zero-order chi connectivity index (χ0) is 11.8. The Labute approximate surface area is 106 Å². The largest absolute Gasteiger partial charge is 0.493 e. The van der Waals surface area contributed by atoms with Gasteiger partial charge in [-0.25, -0.2) is 0 Å². The van der Waals surface area contributed by atoms with Crippen molar-refractivity contribution in [3.63, 3.8) is 0 Å². The fourth-order valence-electron chi connectivity index (χ4n) is 1.56. The van der Waals surface area contributed by atoms with Crippen molar-refractivity contribution in [1.82, 2.24) is 0 Å². The molecule has 0 aromatic heterocycles. The molecule has 3 heteroatoms. The van der Waals surface area contributed by atoms with Gasteiger partial charge < -0.3 is 9.47 Å². The van der Waals surface area contributed by atoms with Crippen LogP contribution in [0, 0.1) is 5.92 Å². The van der Waals surface area contributed by atoms with E-state index in [0.29, 0.717) is 5.92 Å². The minimum atomic E-state index is 0.565. The van der Waals surface area contributed by atoms with E-state index in [1.807, 2.05) is 24.3 Å². The van der Waals surface area contributed by atoms with Crippen LogP contribution < -0.4 is 9.47 Å². The monoisotopic (exact) mass is 286 g/mol. The molecule has 0 saturated heterocycles. The summed E-state index contributed by atoms with van der Waals surface area (Å²) >= 11 is 3.51. The standard InChI is InChI=1S/C13H19BrO2/c1-3-6-11(9-14)10-16-13-8-5-4-7-12(13)15-2/h4-5,7-8,11H,3,6,9-10H2,1-2H3. The number of rotatable bonds is 7. The van der Waals surface area contributed by atoms with Crippen LogP contribution in [0.3, 0.4) is 0 Å². The third kappa shape index (κ3) is 4.05. The molecule has 1 rings (SSSR count). The second-order valence-electron chi connectivity index (χ2n) is 3.77. The summed E-state index contributed by atoms with van der Waals surface area (Å²) in [6.45, 7) is 2.93. The van der Waals surface area contributed by atoms with Gasteiger partial charge in [-0.15, -0.1) is 0 Å². The number of hydrogen-bond acceptors (Lipinski definition) is 2. The number of para-hydroxylation sites is 2. The molecule has 90 valence electrons. The van der Waals surface area contributed by atoms with Crippen LogP contribution in [0.15, 0.2) is 24.3 Å². The van der Waals surface area contributed by atoms with Crippen molar-refractivity contribution >= 4 is 15.9 Å². The van der Waals surface area contributed by atoms with Crippen molar-refractivity contribution in [2.45, 2.75) is 19.8 Å². The summed E-state index contributed by atoms with van der Waals surface area (Å²) in [5, 5.41) is 0.982. The van der Waals surface area contributed by atoms with E-state index in [2.05, 4.69) is 22.9 Å². The Hall–Kier alpha value is -0.700. The van der Waals surface area contributed by atoms with Crippen molar-refractivity contribution in [2.24, 2.45) is 5.92 Å². The van der Waals surface area contributed by atoms with E-state index in [4.69, 9.17) is 9.47 Å².